The number of nitrogens with one attached hydrogen (secondary N) is 3. The van der Waals surface area contributed by atoms with Crippen molar-refractivity contribution in [3.8, 4) is 0 Å². The minimum absolute atomic E-state index is 0.112. The van der Waals surface area contributed by atoms with Gasteiger partial charge in [0.05, 0.1) is 10.6 Å². The molecule has 18 heteroatoms. The van der Waals surface area contributed by atoms with E-state index < -0.39 is 47.0 Å². The molecule has 1 aromatic heterocycles. The van der Waals surface area contributed by atoms with Crippen molar-refractivity contribution in [2.45, 2.75) is 47.6 Å². The molecule has 1 aromatic carbocycles. The summed E-state index contributed by atoms with van der Waals surface area (Å²) in [6.45, 7) is 0. The van der Waals surface area contributed by atoms with Crippen molar-refractivity contribution in [2.75, 3.05) is 29.6 Å². The molecule has 0 amide bonds. The smallest absolute Gasteiger partial charge is 0.296 e. The van der Waals surface area contributed by atoms with Crippen LogP contribution in [0.15, 0.2) is 28.0 Å². The average molecular weight is 552 g/mol. The lowest BCUT2D eigenvalue weighted by molar-refractivity contribution is 0.381. The molecule has 3 rings (SSSR count). The molecule has 0 bridgehead atoms. The molecule has 35 heavy (non-hydrogen) atoms. The first-order valence-electron chi connectivity index (χ1n) is 10.2. The summed E-state index contributed by atoms with van der Waals surface area (Å²) in [6.07, 6.45) is 2.76. The zero-order valence-corrected chi connectivity index (χ0v) is 21.1. The molecule has 6 N–H and O–H groups in total. The first-order chi connectivity index (χ1) is 16.2. The second-order valence-corrected chi connectivity index (χ2v) is 11.5. The molecule has 1 heterocycles. The molecule has 194 valence electrons. The summed E-state index contributed by atoms with van der Waals surface area (Å²) in [5, 5.41) is 5.70. The molecule has 3 atom stereocenters. The first-order valence-corrected chi connectivity index (χ1v) is 14.1. The summed E-state index contributed by atoms with van der Waals surface area (Å²) >= 11 is -2.14. The van der Waals surface area contributed by atoms with Crippen LogP contribution in [0.5, 0.6) is 0 Å². The highest BCUT2D eigenvalue weighted by atomic mass is 32.2. The number of hydrogen-bond donors (Lipinski definition) is 6. The lowest BCUT2D eigenvalue weighted by Crippen LogP contribution is -2.39. The molecule has 0 radical (unpaired) electrons. The van der Waals surface area contributed by atoms with Gasteiger partial charge in [0.25, 0.3) is 20.2 Å². The van der Waals surface area contributed by atoms with Crippen LogP contribution in [0.3, 0.4) is 0 Å². The molecule has 1 fully saturated rings. The number of rotatable bonds is 9. The molecule has 2 aromatic rings. The van der Waals surface area contributed by atoms with Gasteiger partial charge in [0.15, 0.2) is 0 Å². The van der Waals surface area contributed by atoms with E-state index in [9.17, 15) is 30.1 Å². The fourth-order valence-electron chi connectivity index (χ4n) is 3.55. The van der Waals surface area contributed by atoms with Crippen molar-refractivity contribution in [2.24, 2.45) is 0 Å². The Morgan fingerprint density at radius 2 is 1.66 bits per heavy atom. The molecular formula is C17H25N7O8S3. The molecule has 0 saturated heterocycles. The van der Waals surface area contributed by atoms with Crippen LogP contribution < -0.4 is 20.3 Å². The normalized spacial score (nSPS) is 19.7. The minimum atomic E-state index is -4.78. The summed E-state index contributed by atoms with van der Waals surface area (Å²) in [5.74, 6) is 0.109. The van der Waals surface area contributed by atoms with Gasteiger partial charge in [-0.1, -0.05) is 0 Å². The summed E-state index contributed by atoms with van der Waals surface area (Å²) in [7, 11) is -6.15. The minimum Gasteiger partial charge on any atom is -0.351 e. The highest BCUT2D eigenvalue weighted by Crippen LogP contribution is 2.28. The molecule has 1 aliphatic rings. The van der Waals surface area contributed by atoms with E-state index in [0.29, 0.717) is 6.42 Å². The van der Waals surface area contributed by atoms with Crippen LogP contribution in [-0.4, -0.2) is 75.8 Å². The van der Waals surface area contributed by atoms with E-state index >= 15 is 0 Å². The molecule has 0 spiro atoms. The van der Waals surface area contributed by atoms with E-state index in [2.05, 4.69) is 30.3 Å². The molecular weight excluding hydrogens is 526 g/mol. The van der Waals surface area contributed by atoms with Gasteiger partial charge in [0, 0.05) is 26.2 Å². The van der Waals surface area contributed by atoms with E-state index in [4.69, 9.17) is 4.55 Å². The van der Waals surface area contributed by atoms with Gasteiger partial charge >= 0.3 is 0 Å². The van der Waals surface area contributed by atoms with Crippen molar-refractivity contribution in [3.63, 3.8) is 0 Å². The maximum atomic E-state index is 11.8. The van der Waals surface area contributed by atoms with Crippen molar-refractivity contribution in [1.29, 1.82) is 0 Å². The predicted molar refractivity (Wildman–Crippen MR) is 127 cm³/mol. The Morgan fingerprint density at radius 1 is 1.00 bits per heavy atom. The van der Waals surface area contributed by atoms with Crippen LogP contribution in [0.1, 0.15) is 25.7 Å². The zero-order valence-electron chi connectivity index (χ0n) is 18.6. The number of aromatic nitrogens is 3. The van der Waals surface area contributed by atoms with Crippen LogP contribution in [-0.2, 0) is 31.5 Å². The van der Waals surface area contributed by atoms with Crippen LogP contribution in [0.25, 0.3) is 0 Å². The highest BCUT2D eigenvalue weighted by molar-refractivity contribution is 7.86. The van der Waals surface area contributed by atoms with Crippen molar-refractivity contribution in [1.82, 2.24) is 19.7 Å². The van der Waals surface area contributed by atoms with Crippen LogP contribution in [0.4, 0.5) is 23.5 Å². The Labute approximate surface area is 204 Å². The molecule has 1 saturated carbocycles. The quantitative estimate of drug-likeness (QED) is 0.186. The SMILES string of the molecule is CN(C)c1nc(Nc2cc(S(=O)(=O)O)ccc2S(=O)(=O)O)nc(NC2CCCC(NS(=O)O)C2)n1. The third-order valence-corrected chi connectivity index (χ3v) is 7.37. The second kappa shape index (κ2) is 10.6. The number of hydrogen-bond acceptors (Lipinski definition) is 11. The standard InChI is InChI=1S/C17H25N7O8S3/c1-24(2)17-21-15(18-10-4-3-5-11(8-10)23-33(25)26)20-16(22-17)19-13-9-12(34(27,28)29)6-7-14(13)35(30,31)32/h6-7,9-11,23H,3-5,8H2,1-2H3,(H,25,26)(H,27,28,29)(H,30,31,32)(H2,18,19,20,21,22). The fourth-order valence-corrected chi connectivity index (χ4v) is 5.18. The van der Waals surface area contributed by atoms with E-state index in [0.717, 1.165) is 37.5 Å². The van der Waals surface area contributed by atoms with E-state index in [1.54, 1.807) is 19.0 Å². The van der Waals surface area contributed by atoms with Crippen LogP contribution >= 0.6 is 0 Å². The summed E-state index contributed by atoms with van der Waals surface area (Å²) in [5.41, 5.74) is -0.392. The lowest BCUT2D eigenvalue weighted by atomic mass is 9.92. The maximum Gasteiger partial charge on any atom is 0.296 e. The number of anilines is 4. The number of nitrogens with zero attached hydrogens (tertiary/aromatic N) is 4. The topological polar surface area (TPSA) is 224 Å². The first kappa shape index (κ1) is 27.1. The number of benzene rings is 1. The van der Waals surface area contributed by atoms with Crippen molar-refractivity contribution in [3.05, 3.63) is 18.2 Å². The van der Waals surface area contributed by atoms with E-state index in [1.807, 2.05) is 0 Å². The largest absolute Gasteiger partial charge is 0.351 e. The van der Waals surface area contributed by atoms with Gasteiger partial charge in [-0.05, 0) is 43.9 Å². The van der Waals surface area contributed by atoms with E-state index in [1.165, 1.54) is 0 Å². The predicted octanol–water partition coefficient (Wildman–Crippen LogP) is 0.624. The maximum absolute atomic E-state index is 11.8. The summed E-state index contributed by atoms with van der Waals surface area (Å²) in [4.78, 5) is 13.0. The van der Waals surface area contributed by atoms with Gasteiger partial charge in [0.2, 0.25) is 29.1 Å². The van der Waals surface area contributed by atoms with Gasteiger partial charge in [-0.2, -0.15) is 31.8 Å². The fraction of sp³-hybridized carbons (Fsp3) is 0.471. The van der Waals surface area contributed by atoms with Gasteiger partial charge in [-0.15, -0.1) is 0 Å². The average Bonchev–Trinajstić information content (AvgIpc) is 2.72. The Kier molecular flexibility index (Phi) is 8.25. The molecule has 0 aliphatic heterocycles. The third kappa shape index (κ3) is 7.50. The third-order valence-electron chi connectivity index (χ3n) is 5.07. The molecule has 15 nitrogen and oxygen atoms in total. The monoisotopic (exact) mass is 551 g/mol. The van der Waals surface area contributed by atoms with Crippen LogP contribution in [0.2, 0.25) is 0 Å². The van der Waals surface area contributed by atoms with Gasteiger partial charge in [0.1, 0.15) is 4.90 Å². The Morgan fingerprint density at radius 3 is 2.26 bits per heavy atom. The molecule has 3 unspecified atom stereocenters. The molecule has 1 aliphatic carbocycles. The van der Waals surface area contributed by atoms with Crippen molar-refractivity contribution >= 4 is 55.0 Å². The Bertz CT molecular complexity index is 1320. The Balaban J connectivity index is 1.95. The van der Waals surface area contributed by atoms with Gasteiger partial charge in [-0.3, -0.25) is 13.7 Å². The van der Waals surface area contributed by atoms with E-state index in [-0.39, 0.29) is 29.9 Å². The summed E-state index contributed by atoms with van der Waals surface area (Å²) in [6, 6.07) is 2.11. The van der Waals surface area contributed by atoms with Crippen LogP contribution in [0, 0.1) is 0 Å². The second-order valence-electron chi connectivity index (χ2n) is 7.98. The highest BCUT2D eigenvalue weighted by Gasteiger charge is 2.25. The zero-order chi connectivity index (χ0) is 26.0. The summed E-state index contributed by atoms with van der Waals surface area (Å²) < 4.78 is 88.3. The van der Waals surface area contributed by atoms with Gasteiger partial charge < -0.3 is 15.5 Å². The Hall–Kier alpha value is -2.48. The van der Waals surface area contributed by atoms with Crippen molar-refractivity contribution < 1.29 is 34.7 Å². The lowest BCUT2D eigenvalue weighted by Gasteiger charge is -2.29. The van der Waals surface area contributed by atoms with Gasteiger partial charge in [-0.25, -0.2) is 8.93 Å².